The van der Waals surface area contributed by atoms with Crippen molar-refractivity contribution < 1.29 is 18.0 Å². The number of aromatic nitrogens is 2. The first-order valence-corrected chi connectivity index (χ1v) is 5.44. The predicted octanol–water partition coefficient (Wildman–Crippen LogP) is 1.03. The molecule has 0 aliphatic carbocycles. The first-order valence-electron chi connectivity index (χ1n) is 5.44. The Labute approximate surface area is 101 Å². The highest BCUT2D eigenvalue weighted by atomic mass is 19.4. The topological polar surface area (TPSA) is 64.2 Å². The Morgan fingerprint density at radius 1 is 1.56 bits per heavy atom. The van der Waals surface area contributed by atoms with Crippen LogP contribution >= 0.6 is 0 Å². The van der Waals surface area contributed by atoms with E-state index in [1.165, 1.54) is 10.9 Å². The highest BCUT2D eigenvalue weighted by Crippen LogP contribution is 2.34. The van der Waals surface area contributed by atoms with Gasteiger partial charge in [-0.2, -0.15) is 18.3 Å². The van der Waals surface area contributed by atoms with Gasteiger partial charge in [-0.25, -0.2) is 0 Å². The molecule has 0 radical (unpaired) electrons. The van der Waals surface area contributed by atoms with Gasteiger partial charge >= 0.3 is 6.18 Å². The number of aryl methyl sites for hydroxylation is 1. The SMILES string of the molecule is Cn1cc(N)c(C(=O)N2CCC(C(F)(F)F)C2)n1. The van der Waals surface area contributed by atoms with Crippen LogP contribution in [0.25, 0.3) is 0 Å². The van der Waals surface area contributed by atoms with E-state index < -0.39 is 18.0 Å². The number of halogens is 3. The van der Waals surface area contributed by atoms with Gasteiger partial charge in [-0.15, -0.1) is 0 Å². The zero-order valence-corrected chi connectivity index (χ0v) is 9.74. The van der Waals surface area contributed by atoms with Gasteiger partial charge in [-0.05, 0) is 6.42 Å². The first-order chi connectivity index (χ1) is 8.29. The minimum atomic E-state index is -4.26. The second kappa shape index (κ2) is 4.18. The Hall–Kier alpha value is -1.73. The number of alkyl halides is 3. The largest absolute Gasteiger partial charge is 0.396 e. The van der Waals surface area contributed by atoms with Gasteiger partial charge in [-0.1, -0.05) is 0 Å². The van der Waals surface area contributed by atoms with Gasteiger partial charge in [0.05, 0.1) is 11.6 Å². The molecular weight excluding hydrogens is 249 g/mol. The van der Waals surface area contributed by atoms with E-state index in [1.807, 2.05) is 0 Å². The molecule has 1 unspecified atom stereocenters. The Morgan fingerprint density at radius 2 is 2.22 bits per heavy atom. The van der Waals surface area contributed by atoms with Crippen molar-refractivity contribution in [1.82, 2.24) is 14.7 Å². The Kier molecular flexibility index (Phi) is 2.95. The lowest BCUT2D eigenvalue weighted by Crippen LogP contribution is -2.32. The number of nitrogens with two attached hydrogens (primary N) is 1. The summed E-state index contributed by atoms with van der Waals surface area (Å²) < 4.78 is 38.9. The normalized spacial score (nSPS) is 20.4. The summed E-state index contributed by atoms with van der Waals surface area (Å²) in [6.07, 6.45) is -2.88. The monoisotopic (exact) mass is 262 g/mol. The lowest BCUT2D eigenvalue weighted by atomic mass is 10.1. The molecule has 1 aliphatic heterocycles. The minimum Gasteiger partial charge on any atom is -0.396 e. The van der Waals surface area contributed by atoms with Crippen LogP contribution in [-0.2, 0) is 7.05 Å². The van der Waals surface area contributed by atoms with Gasteiger partial charge in [0.2, 0.25) is 0 Å². The van der Waals surface area contributed by atoms with Crippen molar-refractivity contribution in [3.05, 3.63) is 11.9 Å². The van der Waals surface area contributed by atoms with E-state index in [1.54, 1.807) is 7.05 Å². The molecule has 0 bridgehead atoms. The zero-order valence-electron chi connectivity index (χ0n) is 9.74. The minimum absolute atomic E-state index is 0.0142. The van der Waals surface area contributed by atoms with E-state index in [4.69, 9.17) is 5.73 Å². The van der Waals surface area contributed by atoms with Crippen LogP contribution in [0.1, 0.15) is 16.9 Å². The molecule has 5 nitrogen and oxygen atoms in total. The smallest absolute Gasteiger partial charge is 0.393 e. The Balaban J connectivity index is 2.11. The molecule has 1 atom stereocenters. The summed E-state index contributed by atoms with van der Waals surface area (Å²) in [5.74, 6) is -1.99. The number of amides is 1. The third kappa shape index (κ3) is 2.27. The number of nitrogen functional groups attached to an aromatic ring is 1. The molecule has 1 aromatic rings. The fraction of sp³-hybridized carbons (Fsp3) is 0.600. The second-order valence-electron chi connectivity index (χ2n) is 4.39. The van der Waals surface area contributed by atoms with Crippen LogP contribution in [0.4, 0.5) is 18.9 Å². The summed E-state index contributed by atoms with van der Waals surface area (Å²) in [6.45, 7) is -0.239. The molecule has 0 aromatic carbocycles. The van der Waals surface area contributed by atoms with Crippen LogP contribution in [0, 0.1) is 5.92 Å². The summed E-state index contributed by atoms with van der Waals surface area (Å²) in [5, 5.41) is 3.86. The van der Waals surface area contributed by atoms with Crippen LogP contribution in [-0.4, -0.2) is 39.9 Å². The van der Waals surface area contributed by atoms with Crippen molar-refractivity contribution in [3.63, 3.8) is 0 Å². The molecule has 1 saturated heterocycles. The molecule has 18 heavy (non-hydrogen) atoms. The number of rotatable bonds is 1. The number of anilines is 1. The standard InChI is InChI=1S/C10H13F3N4O/c1-16-5-7(14)8(15-16)9(18)17-3-2-6(4-17)10(11,12)13/h5-6H,2-4,14H2,1H3. The number of hydrogen-bond acceptors (Lipinski definition) is 3. The Morgan fingerprint density at radius 3 is 2.67 bits per heavy atom. The fourth-order valence-electron chi connectivity index (χ4n) is 2.03. The first kappa shape index (κ1) is 12.7. The van der Waals surface area contributed by atoms with Crippen LogP contribution in [0.3, 0.4) is 0 Å². The van der Waals surface area contributed by atoms with E-state index in [2.05, 4.69) is 5.10 Å². The summed E-state index contributed by atoms with van der Waals surface area (Å²) in [4.78, 5) is 13.1. The maximum Gasteiger partial charge on any atom is 0.393 e. The van der Waals surface area contributed by atoms with Crippen LogP contribution in [0.5, 0.6) is 0 Å². The number of nitrogens with zero attached hydrogens (tertiary/aromatic N) is 3. The molecule has 1 amide bonds. The molecule has 2 heterocycles. The molecule has 1 aliphatic rings. The van der Waals surface area contributed by atoms with Gasteiger partial charge in [0.25, 0.3) is 5.91 Å². The van der Waals surface area contributed by atoms with Crippen LogP contribution in [0.15, 0.2) is 6.20 Å². The fourth-order valence-corrected chi connectivity index (χ4v) is 2.03. The maximum absolute atomic E-state index is 12.5. The Bertz CT molecular complexity index is 468. The highest BCUT2D eigenvalue weighted by Gasteiger charge is 2.45. The van der Waals surface area contributed by atoms with Crippen molar-refractivity contribution in [2.45, 2.75) is 12.6 Å². The van der Waals surface area contributed by atoms with Crippen molar-refractivity contribution in [1.29, 1.82) is 0 Å². The van der Waals surface area contributed by atoms with Crippen molar-refractivity contribution in [2.24, 2.45) is 13.0 Å². The third-order valence-corrected chi connectivity index (χ3v) is 3.00. The molecule has 2 N–H and O–H groups in total. The van der Waals surface area contributed by atoms with Crippen molar-refractivity contribution in [3.8, 4) is 0 Å². The van der Waals surface area contributed by atoms with Crippen molar-refractivity contribution in [2.75, 3.05) is 18.8 Å². The lowest BCUT2D eigenvalue weighted by molar-refractivity contribution is -0.169. The molecule has 8 heteroatoms. The molecule has 0 saturated carbocycles. The molecule has 1 aromatic heterocycles. The lowest BCUT2D eigenvalue weighted by Gasteiger charge is -2.17. The number of hydrogen-bond donors (Lipinski definition) is 1. The zero-order chi connectivity index (χ0) is 13.5. The van der Waals surface area contributed by atoms with Crippen LogP contribution < -0.4 is 5.73 Å². The average Bonchev–Trinajstić information content (AvgIpc) is 2.83. The van der Waals surface area contributed by atoms with E-state index >= 15 is 0 Å². The van der Waals surface area contributed by atoms with Gasteiger partial charge in [-0.3, -0.25) is 9.48 Å². The molecular formula is C10H13F3N4O. The molecule has 0 spiro atoms. The third-order valence-electron chi connectivity index (χ3n) is 3.00. The van der Waals surface area contributed by atoms with E-state index in [9.17, 15) is 18.0 Å². The summed E-state index contributed by atoms with van der Waals surface area (Å²) >= 11 is 0. The van der Waals surface area contributed by atoms with E-state index in [-0.39, 0.29) is 30.9 Å². The summed E-state index contributed by atoms with van der Waals surface area (Å²) in [6, 6.07) is 0. The van der Waals surface area contributed by atoms with Gasteiger partial charge < -0.3 is 10.6 Å². The van der Waals surface area contributed by atoms with Gasteiger partial charge in [0, 0.05) is 26.3 Å². The van der Waals surface area contributed by atoms with Crippen LogP contribution in [0.2, 0.25) is 0 Å². The van der Waals surface area contributed by atoms with Gasteiger partial charge in [0.1, 0.15) is 0 Å². The maximum atomic E-state index is 12.5. The van der Waals surface area contributed by atoms with Gasteiger partial charge in [0.15, 0.2) is 5.69 Å². The highest BCUT2D eigenvalue weighted by molar-refractivity contribution is 5.97. The van der Waals surface area contributed by atoms with Crippen molar-refractivity contribution >= 4 is 11.6 Å². The number of carbonyl (C=O) groups is 1. The predicted molar refractivity (Wildman–Crippen MR) is 57.7 cm³/mol. The number of carbonyl (C=O) groups excluding carboxylic acids is 1. The molecule has 1 fully saturated rings. The molecule has 100 valence electrons. The van der Waals surface area contributed by atoms with E-state index in [0.717, 1.165) is 4.90 Å². The summed E-state index contributed by atoms with van der Waals surface area (Å²) in [5.41, 5.74) is 5.77. The second-order valence-corrected chi connectivity index (χ2v) is 4.39. The number of likely N-dealkylation sites (tertiary alicyclic amines) is 1. The quantitative estimate of drug-likeness (QED) is 0.822. The summed E-state index contributed by atoms with van der Waals surface area (Å²) in [7, 11) is 1.59. The average molecular weight is 262 g/mol. The van der Waals surface area contributed by atoms with E-state index in [0.29, 0.717) is 0 Å². The molecule has 2 rings (SSSR count).